The van der Waals surface area contributed by atoms with Gasteiger partial charge < -0.3 is 5.11 Å². The molecule has 1 aliphatic carbocycles. The van der Waals surface area contributed by atoms with E-state index in [9.17, 15) is 5.11 Å². The number of aliphatic hydroxyl groups is 1. The van der Waals surface area contributed by atoms with Gasteiger partial charge in [0.25, 0.3) is 0 Å². The molecule has 17 heavy (non-hydrogen) atoms. The van der Waals surface area contributed by atoms with Crippen LogP contribution in [0.3, 0.4) is 0 Å². The van der Waals surface area contributed by atoms with E-state index >= 15 is 0 Å². The lowest BCUT2D eigenvalue weighted by Crippen LogP contribution is -2.21. The summed E-state index contributed by atoms with van der Waals surface area (Å²) in [6, 6.07) is 5.56. The van der Waals surface area contributed by atoms with Crippen molar-refractivity contribution in [1.29, 1.82) is 0 Å². The summed E-state index contributed by atoms with van der Waals surface area (Å²) in [6.45, 7) is 0. The van der Waals surface area contributed by atoms with Gasteiger partial charge in [0, 0.05) is 10.0 Å². The molecule has 1 aromatic rings. The molecule has 1 saturated carbocycles. The fourth-order valence-corrected chi connectivity index (χ4v) is 2.97. The van der Waals surface area contributed by atoms with Crippen LogP contribution < -0.4 is 0 Å². The van der Waals surface area contributed by atoms with Gasteiger partial charge in [-0.2, -0.15) is 0 Å². The van der Waals surface area contributed by atoms with Crippen LogP contribution in [0.2, 0.25) is 10.0 Å². The first kappa shape index (κ1) is 13.2. The summed E-state index contributed by atoms with van der Waals surface area (Å²) in [4.78, 5) is 0. The van der Waals surface area contributed by atoms with Gasteiger partial charge in [0.15, 0.2) is 0 Å². The topological polar surface area (TPSA) is 20.2 Å². The van der Waals surface area contributed by atoms with Crippen LogP contribution in [0.15, 0.2) is 18.2 Å². The first-order chi connectivity index (χ1) is 8.16. The van der Waals surface area contributed by atoms with E-state index in [0.717, 1.165) is 36.3 Å². The standard InChI is InChI=1S/C14H18Cl2O/c15-12-6-7-13(16)11(9-12)8-10-4-2-1-3-5-14(10)17/h6-7,9-10,14,17H,1-5,8H2. The fraction of sp³-hybridized carbons (Fsp3) is 0.571. The van der Waals surface area contributed by atoms with Crippen molar-refractivity contribution in [2.45, 2.75) is 44.6 Å². The molecule has 1 N–H and O–H groups in total. The molecule has 3 heteroatoms. The molecule has 0 spiro atoms. The number of rotatable bonds is 2. The molecule has 0 aromatic heterocycles. The van der Waals surface area contributed by atoms with Crippen molar-refractivity contribution < 1.29 is 5.11 Å². The Balaban J connectivity index is 2.10. The van der Waals surface area contributed by atoms with Crippen LogP contribution in [-0.4, -0.2) is 11.2 Å². The molecule has 0 heterocycles. The van der Waals surface area contributed by atoms with Crippen molar-refractivity contribution in [2.75, 3.05) is 0 Å². The minimum Gasteiger partial charge on any atom is -0.393 e. The van der Waals surface area contributed by atoms with Gasteiger partial charge in [-0.15, -0.1) is 0 Å². The highest BCUT2D eigenvalue weighted by atomic mass is 35.5. The zero-order valence-electron chi connectivity index (χ0n) is 9.83. The molecule has 0 radical (unpaired) electrons. The lowest BCUT2D eigenvalue weighted by Gasteiger charge is -2.20. The molecule has 2 rings (SSSR count). The van der Waals surface area contributed by atoms with E-state index in [0.29, 0.717) is 10.9 Å². The number of halogens is 2. The minimum absolute atomic E-state index is 0.187. The Bertz CT molecular complexity index is 378. The minimum atomic E-state index is -0.187. The van der Waals surface area contributed by atoms with Gasteiger partial charge in [0.1, 0.15) is 0 Å². The van der Waals surface area contributed by atoms with Gasteiger partial charge in [-0.25, -0.2) is 0 Å². The second kappa shape index (κ2) is 6.08. The number of hydrogen-bond donors (Lipinski definition) is 1. The van der Waals surface area contributed by atoms with Crippen LogP contribution in [0.1, 0.15) is 37.7 Å². The zero-order valence-corrected chi connectivity index (χ0v) is 11.3. The molecule has 0 amide bonds. The Hall–Kier alpha value is -0.240. The van der Waals surface area contributed by atoms with Crippen LogP contribution in [0.5, 0.6) is 0 Å². The van der Waals surface area contributed by atoms with E-state index in [1.165, 1.54) is 12.8 Å². The van der Waals surface area contributed by atoms with Crippen molar-refractivity contribution in [1.82, 2.24) is 0 Å². The molecule has 1 aromatic carbocycles. The Kier molecular flexibility index (Phi) is 4.72. The Morgan fingerprint density at radius 2 is 1.88 bits per heavy atom. The van der Waals surface area contributed by atoms with Crippen molar-refractivity contribution >= 4 is 23.2 Å². The summed E-state index contributed by atoms with van der Waals surface area (Å²) in [6.07, 6.45) is 6.23. The van der Waals surface area contributed by atoms with Crippen LogP contribution in [0, 0.1) is 5.92 Å². The second-order valence-electron chi connectivity index (χ2n) is 4.91. The van der Waals surface area contributed by atoms with Gasteiger partial charge in [-0.1, -0.05) is 42.5 Å². The van der Waals surface area contributed by atoms with Gasteiger partial charge in [-0.3, -0.25) is 0 Å². The van der Waals surface area contributed by atoms with Gasteiger partial charge in [0.05, 0.1) is 6.10 Å². The lowest BCUT2D eigenvalue weighted by atomic mass is 9.90. The van der Waals surface area contributed by atoms with E-state index < -0.39 is 0 Å². The van der Waals surface area contributed by atoms with Crippen LogP contribution in [-0.2, 0) is 6.42 Å². The molecular formula is C14H18Cl2O. The van der Waals surface area contributed by atoms with Gasteiger partial charge in [-0.05, 0) is 48.9 Å². The first-order valence-corrected chi connectivity index (χ1v) is 7.04. The van der Waals surface area contributed by atoms with Crippen molar-refractivity contribution in [3.05, 3.63) is 33.8 Å². The maximum absolute atomic E-state index is 10.1. The van der Waals surface area contributed by atoms with E-state index in [2.05, 4.69) is 0 Å². The molecule has 1 nitrogen and oxygen atoms in total. The Morgan fingerprint density at radius 1 is 1.12 bits per heavy atom. The first-order valence-electron chi connectivity index (χ1n) is 6.29. The average molecular weight is 273 g/mol. The summed E-state index contributed by atoms with van der Waals surface area (Å²) in [5.41, 5.74) is 1.06. The third-order valence-corrected chi connectivity index (χ3v) is 4.21. The predicted molar refractivity (Wildman–Crippen MR) is 72.7 cm³/mol. The highest BCUT2D eigenvalue weighted by Crippen LogP contribution is 2.30. The zero-order chi connectivity index (χ0) is 12.3. The third kappa shape index (κ3) is 3.61. The third-order valence-electron chi connectivity index (χ3n) is 3.61. The van der Waals surface area contributed by atoms with Crippen LogP contribution in [0.25, 0.3) is 0 Å². The second-order valence-corrected chi connectivity index (χ2v) is 5.75. The number of hydrogen-bond acceptors (Lipinski definition) is 1. The summed E-state index contributed by atoms with van der Waals surface area (Å²) < 4.78 is 0. The largest absolute Gasteiger partial charge is 0.393 e. The molecule has 0 saturated heterocycles. The van der Waals surface area contributed by atoms with E-state index in [4.69, 9.17) is 23.2 Å². The molecule has 0 bridgehead atoms. The molecular weight excluding hydrogens is 255 g/mol. The molecule has 94 valence electrons. The van der Waals surface area contributed by atoms with E-state index in [1.54, 1.807) is 6.07 Å². The molecule has 0 aliphatic heterocycles. The maximum atomic E-state index is 10.1. The van der Waals surface area contributed by atoms with Crippen molar-refractivity contribution in [2.24, 2.45) is 5.92 Å². The van der Waals surface area contributed by atoms with Crippen LogP contribution >= 0.6 is 23.2 Å². The smallest absolute Gasteiger partial charge is 0.0571 e. The molecule has 2 unspecified atom stereocenters. The highest BCUT2D eigenvalue weighted by molar-refractivity contribution is 6.33. The van der Waals surface area contributed by atoms with E-state index in [1.807, 2.05) is 12.1 Å². The number of aliphatic hydroxyl groups excluding tert-OH is 1. The quantitative estimate of drug-likeness (QED) is 0.788. The lowest BCUT2D eigenvalue weighted by molar-refractivity contribution is 0.101. The Labute approximate surface area is 113 Å². The van der Waals surface area contributed by atoms with Crippen LogP contribution in [0.4, 0.5) is 0 Å². The normalized spacial score (nSPS) is 25.6. The summed E-state index contributed by atoms with van der Waals surface area (Å²) >= 11 is 12.1. The summed E-state index contributed by atoms with van der Waals surface area (Å²) in [7, 11) is 0. The predicted octanol–water partition coefficient (Wildman–Crippen LogP) is 4.48. The molecule has 1 aliphatic rings. The summed E-state index contributed by atoms with van der Waals surface area (Å²) in [5.74, 6) is 0.327. The van der Waals surface area contributed by atoms with Crippen molar-refractivity contribution in [3.8, 4) is 0 Å². The highest BCUT2D eigenvalue weighted by Gasteiger charge is 2.22. The summed E-state index contributed by atoms with van der Waals surface area (Å²) in [5, 5.41) is 11.6. The Morgan fingerprint density at radius 3 is 2.71 bits per heavy atom. The SMILES string of the molecule is OC1CCCCCC1Cc1cc(Cl)ccc1Cl. The van der Waals surface area contributed by atoms with Gasteiger partial charge in [0.2, 0.25) is 0 Å². The average Bonchev–Trinajstić information content (AvgIpc) is 2.50. The number of benzene rings is 1. The fourth-order valence-electron chi connectivity index (χ4n) is 2.59. The molecule has 2 atom stereocenters. The van der Waals surface area contributed by atoms with Crippen molar-refractivity contribution in [3.63, 3.8) is 0 Å². The van der Waals surface area contributed by atoms with E-state index in [-0.39, 0.29) is 6.10 Å². The maximum Gasteiger partial charge on any atom is 0.0571 e. The monoisotopic (exact) mass is 272 g/mol. The molecule has 1 fully saturated rings. The van der Waals surface area contributed by atoms with Gasteiger partial charge >= 0.3 is 0 Å².